The largest absolute Gasteiger partial charge is 0.798 e. The van der Waals surface area contributed by atoms with Gasteiger partial charge in [0.25, 0.3) is 0 Å². The summed E-state index contributed by atoms with van der Waals surface area (Å²) in [6.45, 7) is 0.600. The first kappa shape index (κ1) is 38.3. The normalized spacial score (nSPS) is 16.7. The van der Waals surface area contributed by atoms with E-state index in [1.807, 2.05) is 30.4 Å². The molecule has 0 saturated heterocycles. The maximum Gasteiger partial charge on any atom is 0.0552 e. The second kappa shape index (κ2) is 26.2. The van der Waals surface area contributed by atoms with Crippen molar-refractivity contribution in [3.63, 3.8) is 0 Å². The van der Waals surface area contributed by atoms with Crippen LogP contribution in [0, 0.1) is 0 Å². The van der Waals surface area contributed by atoms with Crippen molar-refractivity contribution in [1.82, 2.24) is 10.6 Å². The number of aliphatic hydroxyl groups is 1. The third kappa shape index (κ3) is 24.1. The molecule has 0 aromatic heterocycles. The highest BCUT2D eigenvalue weighted by Crippen LogP contribution is 2.47. The van der Waals surface area contributed by atoms with Crippen molar-refractivity contribution >= 4 is 14.7 Å². The standard InChI is InChI=1S/C29H54N4O5P2/c30-21-17-13-9-5-1-3-7-11-15-19-23-32-27-39(35,36)26-29(25-34)40(37,38)28-33-24-20-16-12-8-4-2-6-10-14-18-22-31/h1,3,5,7,9,11,13,15,17,19,21,23,29,32-34H,2,4,6,8,10,12,14,16,18,20,22,24-28,30-31H2,(H,35,36)(H,37,38)/p-2/b5-1+,7-3+,13-9+,15-11+,21-17+,23-19-. The van der Waals surface area contributed by atoms with Crippen molar-refractivity contribution in [2.45, 2.75) is 69.9 Å². The first-order valence-electron chi connectivity index (χ1n) is 14.3. The predicted molar refractivity (Wildman–Crippen MR) is 166 cm³/mol. The van der Waals surface area contributed by atoms with Gasteiger partial charge < -0.3 is 46.1 Å². The molecule has 0 aromatic carbocycles. The second-order valence-corrected chi connectivity index (χ2v) is 14.5. The molecule has 0 radical (unpaired) electrons. The van der Waals surface area contributed by atoms with Crippen LogP contribution in [-0.2, 0) is 9.13 Å². The summed E-state index contributed by atoms with van der Waals surface area (Å²) in [7, 11) is -8.19. The summed E-state index contributed by atoms with van der Waals surface area (Å²) < 4.78 is 25.0. The van der Waals surface area contributed by atoms with Gasteiger partial charge in [-0.25, -0.2) is 0 Å². The number of aliphatic hydroxyl groups excluding tert-OH is 1. The van der Waals surface area contributed by atoms with Gasteiger partial charge in [-0.05, 0) is 50.5 Å². The molecule has 0 aliphatic rings. The van der Waals surface area contributed by atoms with E-state index in [-0.39, 0.29) is 6.29 Å². The third-order valence-electron chi connectivity index (χ3n) is 6.05. The Balaban J connectivity index is 4.16. The van der Waals surface area contributed by atoms with Crippen LogP contribution in [0.25, 0.3) is 0 Å². The summed E-state index contributed by atoms with van der Waals surface area (Å²) in [4.78, 5) is 25.0. The summed E-state index contributed by atoms with van der Waals surface area (Å²) >= 11 is 0. The summed E-state index contributed by atoms with van der Waals surface area (Å²) in [5.41, 5.74) is 9.39. The summed E-state index contributed by atoms with van der Waals surface area (Å²) in [6.07, 6.45) is 30.9. The number of hydrogen-bond donors (Lipinski definition) is 5. The SMILES string of the molecule is N/C=C/C=C/C=C/C=C/C=C/C=C\NCP(=O)([O-])CC(CO)P(=O)([O-])CNCCCCCCCCCCCCN. The average Bonchev–Trinajstić information content (AvgIpc) is 2.92. The monoisotopic (exact) mass is 598 g/mol. The highest BCUT2D eigenvalue weighted by atomic mass is 31.2. The molecule has 0 amide bonds. The lowest BCUT2D eigenvalue weighted by Gasteiger charge is -2.36. The number of hydrogen-bond acceptors (Lipinski definition) is 9. The summed E-state index contributed by atoms with van der Waals surface area (Å²) in [6, 6.07) is 0. The molecule has 11 heteroatoms. The Bertz CT molecular complexity index is 888. The maximum atomic E-state index is 12.6. The predicted octanol–water partition coefficient (Wildman–Crippen LogP) is 3.79. The van der Waals surface area contributed by atoms with Crippen LogP contribution in [-0.4, -0.2) is 49.2 Å². The van der Waals surface area contributed by atoms with Gasteiger partial charge in [-0.3, -0.25) is 0 Å². The minimum absolute atomic E-state index is 0.317. The maximum absolute atomic E-state index is 12.6. The molecule has 3 atom stereocenters. The van der Waals surface area contributed by atoms with Gasteiger partial charge in [-0.15, -0.1) is 0 Å². The fourth-order valence-electron chi connectivity index (χ4n) is 3.76. The molecule has 0 fully saturated rings. The molecule has 230 valence electrons. The molecule has 9 nitrogen and oxygen atoms in total. The van der Waals surface area contributed by atoms with Gasteiger partial charge in [0.1, 0.15) is 0 Å². The molecule has 0 spiro atoms. The smallest absolute Gasteiger partial charge is 0.0552 e. The Hall–Kier alpha value is -1.70. The van der Waals surface area contributed by atoms with E-state index in [1.165, 1.54) is 50.9 Å². The van der Waals surface area contributed by atoms with Crippen molar-refractivity contribution < 1.29 is 24.0 Å². The van der Waals surface area contributed by atoms with Crippen molar-refractivity contribution in [3.05, 3.63) is 73.2 Å². The molecule has 0 aromatic rings. The van der Waals surface area contributed by atoms with E-state index in [9.17, 15) is 24.0 Å². The molecule has 0 heterocycles. The van der Waals surface area contributed by atoms with Crippen LogP contribution in [0.2, 0.25) is 0 Å². The zero-order valence-corrected chi connectivity index (χ0v) is 25.7. The lowest BCUT2D eigenvalue weighted by Crippen LogP contribution is -2.34. The highest BCUT2D eigenvalue weighted by Gasteiger charge is 2.25. The van der Waals surface area contributed by atoms with Crippen LogP contribution >= 0.6 is 14.7 Å². The van der Waals surface area contributed by atoms with Crippen LogP contribution in [0.4, 0.5) is 0 Å². The lowest BCUT2D eigenvalue weighted by atomic mass is 10.1. The van der Waals surface area contributed by atoms with E-state index in [0.717, 1.165) is 32.2 Å². The molecule has 7 N–H and O–H groups in total. The van der Waals surface area contributed by atoms with Gasteiger partial charge >= 0.3 is 0 Å². The van der Waals surface area contributed by atoms with Crippen LogP contribution in [0.1, 0.15) is 64.2 Å². The van der Waals surface area contributed by atoms with E-state index >= 15 is 0 Å². The molecule has 3 unspecified atom stereocenters. The minimum atomic E-state index is -4.13. The van der Waals surface area contributed by atoms with Crippen molar-refractivity contribution in [2.24, 2.45) is 11.5 Å². The van der Waals surface area contributed by atoms with E-state index in [4.69, 9.17) is 11.5 Å². The molecule has 40 heavy (non-hydrogen) atoms. The van der Waals surface area contributed by atoms with Crippen molar-refractivity contribution in [2.75, 3.05) is 38.4 Å². The number of nitrogens with two attached hydrogens (primary N) is 2. The summed E-state index contributed by atoms with van der Waals surface area (Å²) in [5.74, 6) is 0. The Morgan fingerprint density at radius 1 is 0.700 bits per heavy atom. The molecule has 0 bridgehead atoms. The third-order valence-corrected chi connectivity index (χ3v) is 10.1. The van der Waals surface area contributed by atoms with Crippen LogP contribution < -0.4 is 31.9 Å². The first-order chi connectivity index (χ1) is 19.3. The molecule has 0 aliphatic carbocycles. The zero-order chi connectivity index (χ0) is 29.8. The molecular formula is C29H52N4O5P2-2. The quantitative estimate of drug-likeness (QED) is 0.0563. The van der Waals surface area contributed by atoms with Crippen LogP contribution in [0.15, 0.2) is 73.2 Å². The Morgan fingerprint density at radius 2 is 1.18 bits per heavy atom. The van der Waals surface area contributed by atoms with Crippen LogP contribution in [0.5, 0.6) is 0 Å². The van der Waals surface area contributed by atoms with E-state index in [1.54, 1.807) is 30.4 Å². The van der Waals surface area contributed by atoms with Gasteiger partial charge in [0.05, 0.1) is 12.9 Å². The second-order valence-electron chi connectivity index (χ2n) is 9.69. The van der Waals surface area contributed by atoms with Gasteiger partial charge in [0.15, 0.2) is 0 Å². The fourth-order valence-corrected chi connectivity index (χ4v) is 7.75. The number of allylic oxidation sites excluding steroid dienone is 10. The van der Waals surface area contributed by atoms with Crippen LogP contribution in [0.3, 0.4) is 0 Å². The van der Waals surface area contributed by atoms with Gasteiger partial charge in [-0.1, -0.05) is 100.0 Å². The Kier molecular flexibility index (Phi) is 25.1. The number of rotatable bonds is 26. The molecule has 0 rings (SSSR count). The van der Waals surface area contributed by atoms with E-state index in [2.05, 4.69) is 10.6 Å². The van der Waals surface area contributed by atoms with Gasteiger partial charge in [0, 0.05) is 32.8 Å². The summed E-state index contributed by atoms with van der Waals surface area (Å²) in [5, 5.41) is 15.2. The Morgan fingerprint density at radius 3 is 1.68 bits per heavy atom. The van der Waals surface area contributed by atoms with E-state index < -0.39 is 39.5 Å². The first-order valence-corrected chi connectivity index (χ1v) is 18.2. The highest BCUT2D eigenvalue weighted by molar-refractivity contribution is 7.61. The van der Waals surface area contributed by atoms with E-state index in [0.29, 0.717) is 6.54 Å². The van der Waals surface area contributed by atoms with Gasteiger partial charge in [-0.2, -0.15) is 0 Å². The van der Waals surface area contributed by atoms with Crippen molar-refractivity contribution in [3.8, 4) is 0 Å². The average molecular weight is 599 g/mol. The van der Waals surface area contributed by atoms with Gasteiger partial charge in [0.2, 0.25) is 0 Å². The minimum Gasteiger partial charge on any atom is -0.798 e. The fraction of sp³-hybridized carbons (Fsp3) is 0.586. The topological polar surface area (TPSA) is 177 Å². The molecular weight excluding hydrogens is 546 g/mol. The Labute approximate surface area is 242 Å². The van der Waals surface area contributed by atoms with Crippen molar-refractivity contribution in [1.29, 1.82) is 0 Å². The number of nitrogens with one attached hydrogen (secondary N) is 2. The molecule has 0 saturated carbocycles. The zero-order valence-electron chi connectivity index (χ0n) is 23.9. The molecule has 0 aliphatic heterocycles. The number of unbranched alkanes of at least 4 members (excludes halogenated alkanes) is 9. The lowest BCUT2D eigenvalue weighted by molar-refractivity contribution is -0.182.